The molecule has 5 atom stereocenters. The Morgan fingerprint density at radius 2 is 1.91 bits per heavy atom. The quantitative estimate of drug-likeness (QED) is 0.372. The summed E-state index contributed by atoms with van der Waals surface area (Å²) in [6.07, 6.45) is 8.73. The van der Waals surface area contributed by atoms with Crippen LogP contribution in [-0.2, 0) is 24.4 Å². The van der Waals surface area contributed by atoms with E-state index in [1.54, 1.807) is 40.1 Å². The number of ether oxygens (including phenoxy) is 2. The number of carbonyl (C=O) groups excluding carboxylic acids is 3. The number of nitrogens with one attached hydrogen (secondary N) is 3. The number of amides is 3. The third-order valence-corrected chi connectivity index (χ3v) is 12.3. The topological polar surface area (TPSA) is 169 Å². The van der Waals surface area contributed by atoms with Crippen molar-refractivity contribution in [3.8, 4) is 11.6 Å². The molecule has 47 heavy (non-hydrogen) atoms. The van der Waals surface area contributed by atoms with E-state index < -0.39 is 50.3 Å². The SMILES string of the molecule is CN[C@H]1CCCCC/C=C\[C@@H]2C[C@@]2(C(=O)NS(=O)(=O)C2(C)CC2)NC(=O)[C@@H]2C[C@@H](Oc3nc4cc(OC)ccc4nc3C)CN2C1=O. The molecule has 0 unspecified atom stereocenters. The smallest absolute Gasteiger partial charge is 0.259 e. The molecule has 0 bridgehead atoms. The normalized spacial score (nSPS) is 29.8. The van der Waals surface area contributed by atoms with Gasteiger partial charge in [-0.15, -0.1) is 0 Å². The van der Waals surface area contributed by atoms with Gasteiger partial charge in [-0.2, -0.15) is 0 Å². The lowest BCUT2D eigenvalue weighted by molar-refractivity contribution is -0.141. The number of sulfonamides is 1. The van der Waals surface area contributed by atoms with Crippen molar-refractivity contribution in [3.63, 3.8) is 0 Å². The third kappa shape index (κ3) is 6.54. The van der Waals surface area contributed by atoms with Crippen molar-refractivity contribution in [2.75, 3.05) is 20.7 Å². The molecule has 6 rings (SSSR count). The highest BCUT2D eigenvalue weighted by atomic mass is 32.2. The van der Waals surface area contributed by atoms with Gasteiger partial charge in [-0.25, -0.2) is 18.4 Å². The highest BCUT2D eigenvalue weighted by Gasteiger charge is 2.63. The molecule has 1 saturated heterocycles. The van der Waals surface area contributed by atoms with Gasteiger partial charge in [-0.3, -0.25) is 19.1 Å². The van der Waals surface area contributed by atoms with Crippen LogP contribution in [0.5, 0.6) is 11.6 Å². The molecule has 3 N–H and O–H groups in total. The van der Waals surface area contributed by atoms with Crippen LogP contribution in [0.4, 0.5) is 0 Å². The largest absolute Gasteiger partial charge is 0.497 e. The van der Waals surface area contributed by atoms with E-state index in [9.17, 15) is 22.8 Å². The summed E-state index contributed by atoms with van der Waals surface area (Å²) in [6, 6.07) is 3.92. The molecule has 3 heterocycles. The van der Waals surface area contributed by atoms with Crippen molar-refractivity contribution in [2.24, 2.45) is 5.92 Å². The zero-order valence-electron chi connectivity index (χ0n) is 27.4. The second-order valence-corrected chi connectivity index (χ2v) is 15.7. The Balaban J connectivity index is 1.28. The van der Waals surface area contributed by atoms with Crippen LogP contribution in [0.2, 0.25) is 0 Å². The van der Waals surface area contributed by atoms with Crippen molar-refractivity contribution in [1.82, 2.24) is 30.2 Å². The number of hydrogen-bond acceptors (Lipinski definition) is 10. The third-order valence-electron chi connectivity index (χ3n) is 10.1. The highest BCUT2D eigenvalue weighted by molar-refractivity contribution is 7.91. The van der Waals surface area contributed by atoms with Crippen LogP contribution in [0.3, 0.4) is 0 Å². The van der Waals surface area contributed by atoms with E-state index in [1.165, 1.54) is 4.90 Å². The number of carbonyl (C=O) groups is 3. The fraction of sp³-hybridized carbons (Fsp3) is 0.606. The van der Waals surface area contributed by atoms with Gasteiger partial charge in [0.05, 0.1) is 35.5 Å². The summed E-state index contributed by atoms with van der Waals surface area (Å²) in [6.45, 7) is 3.52. The average molecular weight is 669 g/mol. The minimum absolute atomic E-state index is 0.127. The molecule has 0 spiro atoms. The summed E-state index contributed by atoms with van der Waals surface area (Å²) in [5, 5.41) is 6.03. The predicted octanol–water partition coefficient (Wildman–Crippen LogP) is 2.28. The molecule has 2 saturated carbocycles. The van der Waals surface area contributed by atoms with Crippen LogP contribution < -0.4 is 24.8 Å². The molecule has 13 nitrogen and oxygen atoms in total. The Kier molecular flexibility index (Phi) is 8.94. The van der Waals surface area contributed by atoms with Crippen molar-refractivity contribution in [3.05, 3.63) is 36.0 Å². The summed E-state index contributed by atoms with van der Waals surface area (Å²) < 4.78 is 39.0. The maximum absolute atomic E-state index is 14.1. The number of rotatable bonds is 7. The summed E-state index contributed by atoms with van der Waals surface area (Å²) in [5.74, 6) is -0.951. The van der Waals surface area contributed by atoms with Crippen LogP contribution in [0.25, 0.3) is 11.0 Å². The zero-order valence-corrected chi connectivity index (χ0v) is 28.2. The summed E-state index contributed by atoms with van der Waals surface area (Å²) in [5.41, 5.74) is 0.389. The van der Waals surface area contributed by atoms with Gasteiger partial charge in [0.15, 0.2) is 0 Å². The molecule has 1 aromatic carbocycles. The van der Waals surface area contributed by atoms with Crippen molar-refractivity contribution in [2.45, 2.75) is 100 Å². The standard InChI is InChI=1S/C33H44N6O7S/c1-20-29(36-26-16-22(45-4)12-13-24(26)35-20)46-23-17-27-28(40)37-33(31(42)38-47(43,44)32(2)14-15-32)18-21(33)10-8-6-5-7-9-11-25(34-3)30(41)39(27)19-23/h8,10,12-13,16,21,23,25,27,34H,5-7,9,11,14-15,17-19H2,1-4H3,(H,37,40)(H,38,42)/b10-8-/t21-,23-,25+,27+,33-/m1/s1. The lowest BCUT2D eigenvalue weighted by atomic mass is 10.1. The van der Waals surface area contributed by atoms with Gasteiger partial charge in [0.1, 0.15) is 29.1 Å². The average Bonchev–Trinajstić information content (AvgIpc) is 3.92. The molecule has 2 aliphatic heterocycles. The van der Waals surface area contributed by atoms with Crippen molar-refractivity contribution >= 4 is 38.8 Å². The maximum atomic E-state index is 14.1. The number of aryl methyl sites for hydroxylation is 1. The van der Waals surface area contributed by atoms with Gasteiger partial charge in [0.2, 0.25) is 27.7 Å². The first-order valence-electron chi connectivity index (χ1n) is 16.4. The number of allylic oxidation sites excluding steroid dienone is 1. The van der Waals surface area contributed by atoms with E-state index in [4.69, 9.17) is 9.47 Å². The van der Waals surface area contributed by atoms with Crippen LogP contribution in [0.1, 0.15) is 70.4 Å². The lowest BCUT2D eigenvalue weighted by Crippen LogP contribution is -2.58. The number of hydrogen-bond donors (Lipinski definition) is 3. The molecule has 14 heteroatoms. The number of fused-ring (bicyclic) bond motifs is 3. The molecule has 2 aromatic rings. The Morgan fingerprint density at radius 3 is 2.64 bits per heavy atom. The second kappa shape index (κ2) is 12.7. The molecule has 4 aliphatic rings. The Morgan fingerprint density at radius 1 is 1.13 bits per heavy atom. The maximum Gasteiger partial charge on any atom is 0.259 e. The Labute approximate surface area is 275 Å². The minimum Gasteiger partial charge on any atom is -0.497 e. The Hall–Kier alpha value is -3.78. The van der Waals surface area contributed by atoms with E-state index in [0.29, 0.717) is 47.6 Å². The summed E-state index contributed by atoms with van der Waals surface area (Å²) in [7, 11) is -0.621. The number of aromatic nitrogens is 2. The lowest BCUT2D eigenvalue weighted by Gasteiger charge is -2.29. The van der Waals surface area contributed by atoms with Crippen LogP contribution >= 0.6 is 0 Å². The molecule has 2 aliphatic carbocycles. The fourth-order valence-corrected chi connectivity index (χ4v) is 7.90. The molecule has 254 valence electrons. The van der Waals surface area contributed by atoms with Crippen LogP contribution in [-0.4, -0.2) is 90.2 Å². The summed E-state index contributed by atoms with van der Waals surface area (Å²) in [4.78, 5) is 52.6. The molecular weight excluding hydrogens is 624 g/mol. The first kappa shape index (κ1) is 33.1. The molecule has 3 fully saturated rings. The summed E-state index contributed by atoms with van der Waals surface area (Å²) >= 11 is 0. The zero-order chi connectivity index (χ0) is 33.6. The number of methoxy groups -OCH3 is 1. The first-order valence-corrected chi connectivity index (χ1v) is 17.9. The first-order chi connectivity index (χ1) is 22.4. The molecular formula is C33H44N6O7S. The van der Waals surface area contributed by atoms with Gasteiger partial charge in [0, 0.05) is 18.4 Å². The van der Waals surface area contributed by atoms with Gasteiger partial charge in [-0.1, -0.05) is 25.0 Å². The molecule has 3 amide bonds. The van der Waals surface area contributed by atoms with Crippen molar-refractivity contribution < 1.29 is 32.3 Å². The van der Waals surface area contributed by atoms with Crippen LogP contribution in [0.15, 0.2) is 30.4 Å². The monoisotopic (exact) mass is 668 g/mol. The van der Waals surface area contributed by atoms with Gasteiger partial charge in [0.25, 0.3) is 5.91 Å². The fourth-order valence-electron chi connectivity index (χ4n) is 6.58. The molecule has 0 radical (unpaired) electrons. The molecule has 1 aromatic heterocycles. The second-order valence-electron chi connectivity index (χ2n) is 13.5. The minimum atomic E-state index is -3.92. The van der Waals surface area contributed by atoms with E-state index in [2.05, 4.69) is 25.3 Å². The van der Waals surface area contributed by atoms with Gasteiger partial charge in [-0.05, 0) is 71.6 Å². The number of likely N-dealkylation sites (N-methyl/N-ethyl adjacent to an activating group) is 1. The van der Waals surface area contributed by atoms with Gasteiger partial charge >= 0.3 is 0 Å². The highest BCUT2D eigenvalue weighted by Crippen LogP contribution is 2.47. The van der Waals surface area contributed by atoms with Crippen molar-refractivity contribution in [1.29, 1.82) is 0 Å². The van der Waals surface area contributed by atoms with E-state index in [0.717, 1.165) is 25.7 Å². The van der Waals surface area contributed by atoms with E-state index in [-0.39, 0.29) is 31.2 Å². The number of benzene rings is 1. The van der Waals surface area contributed by atoms with Gasteiger partial charge < -0.3 is 25.0 Å². The number of nitrogens with zero attached hydrogens (tertiary/aromatic N) is 3. The Bertz CT molecular complexity index is 1710. The predicted molar refractivity (Wildman–Crippen MR) is 174 cm³/mol. The van der Waals surface area contributed by atoms with E-state index >= 15 is 0 Å². The van der Waals surface area contributed by atoms with Crippen LogP contribution in [0, 0.1) is 12.8 Å². The van der Waals surface area contributed by atoms with E-state index in [1.807, 2.05) is 18.2 Å².